The van der Waals surface area contributed by atoms with Gasteiger partial charge in [0.2, 0.25) is 10.9 Å². The van der Waals surface area contributed by atoms with Crippen LogP contribution in [0.2, 0.25) is 0 Å². The molecule has 35 heavy (non-hydrogen) atoms. The molecule has 0 spiro atoms. The molecule has 5 unspecified atom stereocenters. The third-order valence-corrected chi connectivity index (χ3v) is 9.79. The summed E-state index contributed by atoms with van der Waals surface area (Å²) < 4.78 is 43.8. The highest BCUT2D eigenvalue weighted by Crippen LogP contribution is 2.71. The summed E-state index contributed by atoms with van der Waals surface area (Å²) in [6.45, 7) is 4.93. The number of alkyl halides is 2. The summed E-state index contributed by atoms with van der Waals surface area (Å²) in [4.78, 5) is 38.0. The number of esters is 1. The van der Waals surface area contributed by atoms with Gasteiger partial charge in [0.25, 0.3) is 0 Å². The Morgan fingerprint density at radius 1 is 1.26 bits per heavy atom. The van der Waals surface area contributed by atoms with Crippen LogP contribution in [0.4, 0.5) is 8.78 Å². The lowest BCUT2D eigenvalue weighted by Gasteiger charge is -2.63. The largest absolute Gasteiger partial charge is 0.457 e. The van der Waals surface area contributed by atoms with Crippen molar-refractivity contribution in [2.45, 2.75) is 63.6 Å². The number of halogens is 2. The Hall–Kier alpha value is -2.26. The standard InChI is InChI=1S/C26H28F2O6S/c1-13-9-15-16-11-18(27)17-10-14(29)6-7-23(17,2)25(16,28)20(30)12-24(15,3)26(13,22(32)35)34-21(31)19-5-4-8-33-19/h4-8,10,13,15-16,18,20,30H,9,11-12H2,1-3H3,(H,32,35)/t13?,15?,16?,18?,20?,23-,24-,25-,26-/m0/s1. The Morgan fingerprint density at radius 2 is 1.97 bits per heavy atom. The molecule has 0 amide bonds. The number of rotatable bonds is 3. The predicted molar refractivity (Wildman–Crippen MR) is 124 cm³/mol. The van der Waals surface area contributed by atoms with Gasteiger partial charge in [0.1, 0.15) is 6.17 Å². The first kappa shape index (κ1) is 24.4. The van der Waals surface area contributed by atoms with Crippen LogP contribution in [0, 0.1) is 28.6 Å². The minimum atomic E-state index is -2.29. The number of ether oxygens (including phenoxy) is 1. The summed E-state index contributed by atoms with van der Waals surface area (Å²) in [7, 11) is 0. The number of thiol groups is 1. The summed E-state index contributed by atoms with van der Waals surface area (Å²) in [6.07, 6.45) is 1.58. The van der Waals surface area contributed by atoms with Crippen molar-refractivity contribution in [1.29, 1.82) is 0 Å². The van der Waals surface area contributed by atoms with E-state index in [0.717, 1.165) is 6.08 Å². The number of aliphatic hydroxyl groups excluding tert-OH is 1. The first-order valence-corrected chi connectivity index (χ1v) is 12.2. The van der Waals surface area contributed by atoms with Crippen LogP contribution in [-0.2, 0) is 14.3 Å². The van der Waals surface area contributed by atoms with Crippen LogP contribution in [0.1, 0.15) is 50.6 Å². The fraction of sp³-hybridized carbons (Fsp3) is 0.577. The van der Waals surface area contributed by atoms with Gasteiger partial charge >= 0.3 is 5.97 Å². The average Bonchev–Trinajstić information content (AvgIpc) is 3.39. The van der Waals surface area contributed by atoms with Gasteiger partial charge in [-0.2, -0.15) is 0 Å². The number of allylic oxidation sites excluding steroid dienone is 4. The van der Waals surface area contributed by atoms with E-state index < -0.39 is 69.0 Å². The zero-order valence-corrected chi connectivity index (χ0v) is 20.6. The zero-order valence-electron chi connectivity index (χ0n) is 19.7. The normalized spacial score (nSPS) is 46.3. The topological polar surface area (TPSA) is 93.8 Å². The van der Waals surface area contributed by atoms with E-state index in [2.05, 4.69) is 12.6 Å². The molecule has 0 aromatic carbocycles. The second-order valence-corrected chi connectivity index (χ2v) is 11.3. The summed E-state index contributed by atoms with van der Waals surface area (Å²) in [5.41, 5.74) is -6.80. The fourth-order valence-corrected chi connectivity index (χ4v) is 8.35. The summed E-state index contributed by atoms with van der Waals surface area (Å²) in [5.74, 6) is -3.57. The first-order chi connectivity index (χ1) is 16.3. The molecule has 0 aliphatic heterocycles. The molecule has 188 valence electrons. The molecule has 1 N–H and O–H groups in total. The molecule has 6 nitrogen and oxygen atoms in total. The smallest absolute Gasteiger partial charge is 0.375 e. The molecule has 0 bridgehead atoms. The highest BCUT2D eigenvalue weighted by atomic mass is 32.1. The lowest BCUT2D eigenvalue weighted by atomic mass is 9.44. The average molecular weight is 507 g/mol. The van der Waals surface area contributed by atoms with Gasteiger partial charge in [-0.25, -0.2) is 13.6 Å². The van der Waals surface area contributed by atoms with Crippen molar-refractivity contribution in [3.05, 3.63) is 48.0 Å². The predicted octanol–water partition coefficient (Wildman–Crippen LogP) is 4.20. The van der Waals surface area contributed by atoms with Crippen molar-refractivity contribution < 1.29 is 37.4 Å². The van der Waals surface area contributed by atoms with Gasteiger partial charge < -0.3 is 14.3 Å². The number of hydrogen-bond donors (Lipinski definition) is 2. The summed E-state index contributed by atoms with van der Waals surface area (Å²) >= 11 is 4.11. The van der Waals surface area contributed by atoms with Crippen molar-refractivity contribution in [2.75, 3.05) is 0 Å². The van der Waals surface area contributed by atoms with Gasteiger partial charge in [-0.3, -0.25) is 9.59 Å². The molecular formula is C26H28F2O6S. The molecule has 1 aromatic rings. The third-order valence-electron chi connectivity index (χ3n) is 9.46. The maximum absolute atomic E-state index is 17.3. The number of fused-ring (bicyclic) bond motifs is 5. The van der Waals surface area contributed by atoms with Gasteiger partial charge in [-0.15, -0.1) is 12.6 Å². The second kappa shape index (κ2) is 7.62. The van der Waals surface area contributed by atoms with Gasteiger partial charge in [0.05, 0.1) is 12.4 Å². The van der Waals surface area contributed by atoms with E-state index >= 15 is 8.78 Å². The van der Waals surface area contributed by atoms with E-state index in [4.69, 9.17) is 9.15 Å². The minimum Gasteiger partial charge on any atom is -0.457 e. The molecule has 4 aliphatic carbocycles. The maximum Gasteiger partial charge on any atom is 0.375 e. The molecule has 3 fully saturated rings. The van der Waals surface area contributed by atoms with E-state index in [1.54, 1.807) is 13.8 Å². The second-order valence-electron chi connectivity index (χ2n) is 10.9. The number of aliphatic hydroxyl groups is 1. The Morgan fingerprint density at radius 3 is 2.60 bits per heavy atom. The number of hydrogen-bond acceptors (Lipinski definition) is 6. The van der Waals surface area contributed by atoms with Gasteiger partial charge in [0.15, 0.2) is 17.1 Å². The minimum absolute atomic E-state index is 0.0261. The SMILES string of the molecule is CC1CC2C3CC(F)C4=CC(=O)C=C[C@]4(C)[C@@]3(F)C(O)C[C@]2(C)[C@@]1(OC(=O)c1ccco1)C(=O)S. The summed E-state index contributed by atoms with van der Waals surface area (Å²) in [5, 5.41) is 10.7. The van der Waals surface area contributed by atoms with Crippen LogP contribution in [0.3, 0.4) is 0 Å². The molecule has 0 radical (unpaired) electrons. The Bertz CT molecular complexity index is 1160. The molecule has 5 rings (SSSR count). The quantitative estimate of drug-likeness (QED) is 0.472. The molecule has 4 aliphatic rings. The lowest BCUT2D eigenvalue weighted by molar-refractivity contribution is -0.221. The first-order valence-electron chi connectivity index (χ1n) is 11.8. The third kappa shape index (κ3) is 2.88. The van der Waals surface area contributed by atoms with E-state index in [9.17, 15) is 19.5 Å². The zero-order chi connectivity index (χ0) is 25.6. The fourth-order valence-electron chi connectivity index (χ4n) is 7.83. The van der Waals surface area contributed by atoms with E-state index in [1.807, 2.05) is 0 Å². The van der Waals surface area contributed by atoms with Crippen LogP contribution in [0.5, 0.6) is 0 Å². The van der Waals surface area contributed by atoms with Crippen LogP contribution >= 0.6 is 12.6 Å². The van der Waals surface area contributed by atoms with Gasteiger partial charge in [-0.05, 0) is 62.0 Å². The van der Waals surface area contributed by atoms with Gasteiger partial charge in [-0.1, -0.05) is 19.9 Å². The van der Waals surface area contributed by atoms with E-state index in [0.29, 0.717) is 0 Å². The van der Waals surface area contributed by atoms with Crippen LogP contribution in [-0.4, -0.2) is 45.5 Å². The monoisotopic (exact) mass is 506 g/mol. The molecule has 0 saturated heterocycles. The maximum atomic E-state index is 17.3. The van der Waals surface area contributed by atoms with Crippen LogP contribution in [0.15, 0.2) is 46.6 Å². The Balaban J connectivity index is 1.62. The number of carbonyl (C=O) groups excluding carboxylic acids is 3. The molecule has 1 aromatic heterocycles. The molecule has 3 saturated carbocycles. The number of furan rings is 1. The van der Waals surface area contributed by atoms with E-state index in [-0.39, 0.29) is 30.6 Å². The van der Waals surface area contributed by atoms with Crippen LogP contribution < -0.4 is 0 Å². The molecule has 1 heterocycles. The summed E-state index contributed by atoms with van der Waals surface area (Å²) in [6, 6.07) is 2.91. The highest BCUT2D eigenvalue weighted by Gasteiger charge is 2.78. The van der Waals surface area contributed by atoms with Crippen molar-refractivity contribution in [2.24, 2.45) is 28.6 Å². The van der Waals surface area contributed by atoms with E-state index in [1.165, 1.54) is 37.5 Å². The van der Waals surface area contributed by atoms with Gasteiger partial charge in [0, 0.05) is 22.7 Å². The van der Waals surface area contributed by atoms with Crippen molar-refractivity contribution in [3.63, 3.8) is 0 Å². The number of ketones is 1. The molecule has 9 atom stereocenters. The Labute approximate surface area is 207 Å². The molecule has 9 heteroatoms. The van der Waals surface area contributed by atoms with Crippen molar-refractivity contribution in [1.82, 2.24) is 0 Å². The van der Waals surface area contributed by atoms with Crippen LogP contribution in [0.25, 0.3) is 0 Å². The highest BCUT2D eigenvalue weighted by molar-refractivity contribution is 7.96. The molecular weight excluding hydrogens is 478 g/mol. The Kier molecular flexibility index (Phi) is 5.32. The van der Waals surface area contributed by atoms with Crippen molar-refractivity contribution in [3.8, 4) is 0 Å². The lowest BCUT2D eigenvalue weighted by Crippen LogP contribution is -2.70. The number of carbonyl (C=O) groups is 3. The van der Waals surface area contributed by atoms with Crippen molar-refractivity contribution >= 4 is 29.5 Å².